The van der Waals surface area contributed by atoms with E-state index in [9.17, 15) is 0 Å². The minimum absolute atomic E-state index is 0.643. The zero-order valence-electron chi connectivity index (χ0n) is 9.71. The lowest BCUT2D eigenvalue weighted by molar-refractivity contribution is 0.0742. The van der Waals surface area contributed by atoms with Gasteiger partial charge in [0.15, 0.2) is 0 Å². The predicted molar refractivity (Wildman–Crippen MR) is 60.3 cm³/mol. The van der Waals surface area contributed by atoms with E-state index in [1.54, 1.807) is 0 Å². The Balaban J connectivity index is 4.36. The van der Waals surface area contributed by atoms with E-state index < -0.39 is 8.80 Å². The molecule has 0 spiro atoms. The molecule has 0 N–H and O–H groups in total. The summed E-state index contributed by atoms with van der Waals surface area (Å²) in [5.74, 6) is 0. The van der Waals surface area contributed by atoms with Gasteiger partial charge in [0.05, 0.1) is 0 Å². The normalized spacial score (nSPS) is 12.6. The minimum atomic E-state index is -2.40. The Morgan fingerprint density at radius 2 is 1.36 bits per heavy atom. The highest BCUT2D eigenvalue weighted by atomic mass is 28.4. The first-order chi connectivity index (χ1) is 6.74. The minimum Gasteiger partial charge on any atom is -0.374 e. The maximum Gasteiger partial charge on any atom is 0.504 e. The van der Waals surface area contributed by atoms with E-state index in [4.69, 9.17) is 13.3 Å². The fourth-order valence-electron chi connectivity index (χ4n) is 1.22. The molecule has 0 fully saturated rings. The van der Waals surface area contributed by atoms with E-state index in [2.05, 4.69) is 0 Å². The molecule has 0 bridgehead atoms. The van der Waals surface area contributed by atoms with Gasteiger partial charge in [-0.05, 0) is 27.7 Å². The summed E-state index contributed by atoms with van der Waals surface area (Å²) < 4.78 is 17.0. The fourth-order valence-corrected chi connectivity index (χ4v) is 3.67. The molecule has 0 rings (SSSR count). The van der Waals surface area contributed by atoms with Gasteiger partial charge in [-0.25, -0.2) is 0 Å². The summed E-state index contributed by atoms with van der Waals surface area (Å²) >= 11 is 0. The molecule has 14 heavy (non-hydrogen) atoms. The van der Waals surface area contributed by atoms with Gasteiger partial charge in [0, 0.05) is 25.9 Å². The highest BCUT2D eigenvalue weighted by Gasteiger charge is 2.38. The predicted octanol–water partition coefficient (Wildman–Crippen LogP) is 2.61. The van der Waals surface area contributed by atoms with Gasteiger partial charge >= 0.3 is 8.80 Å². The summed E-state index contributed by atoms with van der Waals surface area (Å²) in [6.45, 7) is 9.82. The molecule has 0 saturated heterocycles. The molecule has 0 aliphatic heterocycles. The van der Waals surface area contributed by atoms with Gasteiger partial charge in [0.25, 0.3) is 0 Å². The van der Waals surface area contributed by atoms with Crippen molar-refractivity contribution in [3.63, 3.8) is 0 Å². The Labute approximate surface area is 88.4 Å². The number of hydrogen-bond donors (Lipinski definition) is 0. The van der Waals surface area contributed by atoms with Gasteiger partial charge in [-0.3, -0.25) is 0 Å². The van der Waals surface area contributed by atoms with Crippen LogP contribution in [0.25, 0.3) is 0 Å². The molecule has 0 saturated carbocycles. The SMILES string of the molecule is C/C=C\C[Si](OCC)(OCC)OCC. The molecular formula is C10H22O3Si. The van der Waals surface area contributed by atoms with Crippen molar-refractivity contribution in [2.45, 2.75) is 33.7 Å². The van der Waals surface area contributed by atoms with Crippen LogP contribution in [0.5, 0.6) is 0 Å². The van der Waals surface area contributed by atoms with Gasteiger partial charge in [-0.1, -0.05) is 12.2 Å². The van der Waals surface area contributed by atoms with E-state index in [1.807, 2.05) is 39.8 Å². The quantitative estimate of drug-likeness (QED) is 0.463. The van der Waals surface area contributed by atoms with Crippen LogP contribution in [0.4, 0.5) is 0 Å². The smallest absolute Gasteiger partial charge is 0.374 e. The van der Waals surface area contributed by atoms with Crippen LogP contribution in [0.2, 0.25) is 6.04 Å². The third-order valence-corrected chi connectivity index (χ3v) is 4.62. The molecule has 84 valence electrons. The highest BCUT2D eigenvalue weighted by molar-refractivity contribution is 6.61. The Morgan fingerprint density at radius 3 is 1.64 bits per heavy atom. The molecule has 0 aliphatic rings. The molecule has 0 aliphatic carbocycles. The van der Waals surface area contributed by atoms with Crippen molar-refractivity contribution in [1.82, 2.24) is 0 Å². The summed E-state index contributed by atoms with van der Waals surface area (Å²) in [4.78, 5) is 0. The van der Waals surface area contributed by atoms with Gasteiger partial charge in [0.1, 0.15) is 0 Å². The van der Waals surface area contributed by atoms with Crippen LogP contribution in [-0.4, -0.2) is 28.6 Å². The topological polar surface area (TPSA) is 27.7 Å². The van der Waals surface area contributed by atoms with Crippen LogP contribution in [0.15, 0.2) is 12.2 Å². The molecule has 4 heteroatoms. The van der Waals surface area contributed by atoms with E-state index in [0.717, 1.165) is 6.04 Å². The van der Waals surface area contributed by atoms with Gasteiger partial charge in [-0.15, -0.1) is 0 Å². The van der Waals surface area contributed by atoms with E-state index in [1.165, 1.54) is 0 Å². The summed E-state index contributed by atoms with van der Waals surface area (Å²) in [5, 5.41) is 0. The van der Waals surface area contributed by atoms with E-state index >= 15 is 0 Å². The monoisotopic (exact) mass is 218 g/mol. The molecule has 0 aromatic heterocycles. The first-order valence-electron chi connectivity index (χ1n) is 5.27. The average molecular weight is 218 g/mol. The van der Waals surface area contributed by atoms with Crippen LogP contribution in [0.1, 0.15) is 27.7 Å². The maximum atomic E-state index is 5.66. The first-order valence-corrected chi connectivity index (χ1v) is 7.20. The Bertz CT molecular complexity index is 142. The molecule has 0 aromatic rings. The number of allylic oxidation sites excluding steroid dienone is 2. The summed E-state index contributed by atoms with van der Waals surface area (Å²) in [5.41, 5.74) is 0. The number of hydrogen-bond acceptors (Lipinski definition) is 3. The van der Waals surface area contributed by atoms with Crippen molar-refractivity contribution in [2.75, 3.05) is 19.8 Å². The lowest BCUT2D eigenvalue weighted by Gasteiger charge is -2.27. The Morgan fingerprint density at radius 1 is 0.929 bits per heavy atom. The summed E-state index contributed by atoms with van der Waals surface area (Å²) in [7, 11) is -2.40. The second-order valence-electron chi connectivity index (χ2n) is 2.76. The van der Waals surface area contributed by atoms with E-state index in [-0.39, 0.29) is 0 Å². The van der Waals surface area contributed by atoms with Crippen molar-refractivity contribution in [3.05, 3.63) is 12.2 Å². The van der Waals surface area contributed by atoms with Crippen molar-refractivity contribution >= 4 is 8.80 Å². The van der Waals surface area contributed by atoms with Gasteiger partial charge in [0.2, 0.25) is 0 Å². The van der Waals surface area contributed by atoms with Gasteiger partial charge < -0.3 is 13.3 Å². The molecule has 0 aromatic carbocycles. The van der Waals surface area contributed by atoms with Gasteiger partial charge in [-0.2, -0.15) is 0 Å². The Kier molecular flexibility index (Phi) is 8.08. The molecule has 0 amide bonds. The molecule has 0 radical (unpaired) electrons. The highest BCUT2D eigenvalue weighted by Crippen LogP contribution is 2.16. The second-order valence-corrected chi connectivity index (χ2v) is 5.40. The van der Waals surface area contributed by atoms with Crippen molar-refractivity contribution in [1.29, 1.82) is 0 Å². The molecule has 0 atom stereocenters. The van der Waals surface area contributed by atoms with Crippen LogP contribution >= 0.6 is 0 Å². The third-order valence-electron chi connectivity index (χ3n) is 1.70. The van der Waals surface area contributed by atoms with Crippen LogP contribution in [0.3, 0.4) is 0 Å². The molecule has 0 unspecified atom stereocenters. The summed E-state index contributed by atoms with van der Waals surface area (Å²) in [6.07, 6.45) is 4.05. The lowest BCUT2D eigenvalue weighted by Crippen LogP contribution is -2.45. The second kappa shape index (κ2) is 8.17. The standard InChI is InChI=1S/C10H22O3Si/c1-5-9-10-14(11-6-2,12-7-3)13-8-4/h5,9H,6-8,10H2,1-4H3/b9-5-. The zero-order chi connectivity index (χ0) is 10.9. The summed E-state index contributed by atoms with van der Waals surface area (Å²) in [6, 6.07) is 0.763. The van der Waals surface area contributed by atoms with Crippen LogP contribution in [-0.2, 0) is 13.3 Å². The van der Waals surface area contributed by atoms with Crippen LogP contribution in [0, 0.1) is 0 Å². The van der Waals surface area contributed by atoms with Crippen molar-refractivity contribution < 1.29 is 13.3 Å². The average Bonchev–Trinajstić information content (AvgIpc) is 2.16. The molecular weight excluding hydrogens is 196 g/mol. The van der Waals surface area contributed by atoms with Crippen molar-refractivity contribution in [2.24, 2.45) is 0 Å². The maximum absolute atomic E-state index is 5.66. The largest absolute Gasteiger partial charge is 0.504 e. The zero-order valence-corrected chi connectivity index (χ0v) is 10.7. The first kappa shape index (κ1) is 13.8. The molecule has 0 heterocycles. The van der Waals surface area contributed by atoms with Crippen LogP contribution < -0.4 is 0 Å². The van der Waals surface area contributed by atoms with E-state index in [0.29, 0.717) is 19.8 Å². The third kappa shape index (κ3) is 4.90. The lowest BCUT2D eigenvalue weighted by atomic mass is 10.6. The fraction of sp³-hybridized carbons (Fsp3) is 0.800. The number of rotatable bonds is 8. The van der Waals surface area contributed by atoms with Crippen molar-refractivity contribution in [3.8, 4) is 0 Å². The Hall–Kier alpha value is -0.163. The molecule has 3 nitrogen and oxygen atoms in total.